The molecule has 1 aliphatic heterocycles. The highest BCUT2D eigenvalue weighted by Crippen LogP contribution is 2.06. The molecule has 0 bridgehead atoms. The highest BCUT2D eigenvalue weighted by molar-refractivity contribution is 5.59. The lowest BCUT2D eigenvalue weighted by atomic mass is 10.3. The Morgan fingerprint density at radius 2 is 2.56 bits per heavy atom. The molecule has 0 radical (unpaired) electrons. The molecule has 0 aromatic carbocycles. The van der Waals surface area contributed by atoms with Crippen molar-refractivity contribution < 1.29 is 9.47 Å². The fourth-order valence-electron chi connectivity index (χ4n) is 0.822. The summed E-state index contributed by atoms with van der Waals surface area (Å²) in [5.74, 6) is 0. The van der Waals surface area contributed by atoms with Gasteiger partial charge < -0.3 is 9.47 Å². The highest BCUT2D eigenvalue weighted by atomic mass is 16.7. The molecule has 2 atom stereocenters. The Kier molecular flexibility index (Phi) is 2.19. The van der Waals surface area contributed by atoms with E-state index >= 15 is 0 Å². The van der Waals surface area contributed by atoms with E-state index in [9.17, 15) is 0 Å². The third-order valence-electron chi connectivity index (χ3n) is 1.30. The predicted molar refractivity (Wildman–Crippen MR) is 34.7 cm³/mol. The van der Waals surface area contributed by atoms with E-state index in [0.717, 1.165) is 0 Å². The first-order chi connectivity index (χ1) is 4.34. The molecule has 52 valence electrons. The van der Waals surface area contributed by atoms with E-state index < -0.39 is 0 Å². The molecule has 0 amide bonds. The van der Waals surface area contributed by atoms with Gasteiger partial charge in [0.1, 0.15) is 0 Å². The minimum absolute atomic E-state index is 0.142. The Bertz CT molecular complexity index is 114. The summed E-state index contributed by atoms with van der Waals surface area (Å²) in [4.78, 5) is 4.11. The Morgan fingerprint density at radius 3 is 3.00 bits per heavy atom. The molecular formula is C6H11NO2. The van der Waals surface area contributed by atoms with E-state index in [1.807, 2.05) is 6.92 Å². The van der Waals surface area contributed by atoms with E-state index in [0.29, 0.717) is 6.61 Å². The van der Waals surface area contributed by atoms with Crippen molar-refractivity contribution in [2.45, 2.75) is 19.3 Å². The predicted octanol–water partition coefficient (Wildman–Crippen LogP) is 0.448. The minimum atomic E-state index is -0.144. The minimum Gasteiger partial charge on any atom is -0.354 e. The molecule has 0 aromatic rings. The van der Waals surface area contributed by atoms with Gasteiger partial charge in [-0.3, -0.25) is 4.99 Å². The van der Waals surface area contributed by atoms with Crippen LogP contribution in [0.1, 0.15) is 6.92 Å². The molecule has 1 rings (SSSR count). The van der Waals surface area contributed by atoms with Crippen molar-refractivity contribution in [3.05, 3.63) is 0 Å². The largest absolute Gasteiger partial charge is 0.354 e. The second-order valence-corrected chi connectivity index (χ2v) is 2.01. The molecule has 0 saturated heterocycles. The van der Waals surface area contributed by atoms with Crippen LogP contribution in [0.15, 0.2) is 4.99 Å². The van der Waals surface area contributed by atoms with Crippen molar-refractivity contribution in [3.63, 3.8) is 0 Å². The highest BCUT2D eigenvalue weighted by Gasteiger charge is 2.17. The molecule has 3 heteroatoms. The van der Waals surface area contributed by atoms with Crippen molar-refractivity contribution in [2.75, 3.05) is 13.7 Å². The number of aliphatic imine (C=N–C) groups is 1. The SMILES string of the molecule is COC1OCC=NC1C. The van der Waals surface area contributed by atoms with Gasteiger partial charge in [-0.1, -0.05) is 0 Å². The number of ether oxygens (including phenoxy) is 2. The number of hydrogen-bond donors (Lipinski definition) is 0. The summed E-state index contributed by atoms with van der Waals surface area (Å²) in [5.41, 5.74) is 0. The lowest BCUT2D eigenvalue weighted by molar-refractivity contribution is -0.126. The molecule has 0 spiro atoms. The quantitative estimate of drug-likeness (QED) is 0.514. The first-order valence-electron chi connectivity index (χ1n) is 3.00. The van der Waals surface area contributed by atoms with Gasteiger partial charge in [-0.2, -0.15) is 0 Å². The molecular weight excluding hydrogens is 118 g/mol. The summed E-state index contributed by atoms with van der Waals surface area (Å²) in [5, 5.41) is 0. The van der Waals surface area contributed by atoms with Gasteiger partial charge in [-0.15, -0.1) is 0 Å². The zero-order valence-electron chi connectivity index (χ0n) is 5.70. The lowest BCUT2D eigenvalue weighted by Crippen LogP contribution is -2.31. The van der Waals surface area contributed by atoms with Crippen LogP contribution < -0.4 is 0 Å². The van der Waals surface area contributed by atoms with E-state index in [1.54, 1.807) is 13.3 Å². The van der Waals surface area contributed by atoms with Gasteiger partial charge in [-0.05, 0) is 6.92 Å². The van der Waals surface area contributed by atoms with Gasteiger partial charge in [-0.25, -0.2) is 0 Å². The molecule has 0 aromatic heterocycles. The van der Waals surface area contributed by atoms with Crippen molar-refractivity contribution in [2.24, 2.45) is 4.99 Å². The van der Waals surface area contributed by atoms with Crippen LogP contribution in [0.25, 0.3) is 0 Å². The summed E-state index contributed by atoms with van der Waals surface area (Å²) in [6, 6.07) is 0.142. The van der Waals surface area contributed by atoms with Crippen LogP contribution >= 0.6 is 0 Å². The molecule has 0 fully saturated rings. The molecule has 2 unspecified atom stereocenters. The van der Waals surface area contributed by atoms with Crippen molar-refractivity contribution in [1.82, 2.24) is 0 Å². The van der Waals surface area contributed by atoms with Crippen LogP contribution in [0.2, 0.25) is 0 Å². The fourth-order valence-corrected chi connectivity index (χ4v) is 0.822. The third kappa shape index (κ3) is 1.50. The first-order valence-corrected chi connectivity index (χ1v) is 3.00. The molecule has 9 heavy (non-hydrogen) atoms. The number of hydrogen-bond acceptors (Lipinski definition) is 3. The van der Waals surface area contributed by atoms with Crippen LogP contribution in [0.3, 0.4) is 0 Å². The number of nitrogens with zero attached hydrogens (tertiary/aromatic N) is 1. The van der Waals surface area contributed by atoms with Crippen LogP contribution in [0.4, 0.5) is 0 Å². The monoisotopic (exact) mass is 129 g/mol. The van der Waals surface area contributed by atoms with Crippen LogP contribution in [0.5, 0.6) is 0 Å². The van der Waals surface area contributed by atoms with Crippen LogP contribution in [-0.4, -0.2) is 32.3 Å². The Morgan fingerprint density at radius 1 is 1.78 bits per heavy atom. The summed E-state index contributed by atoms with van der Waals surface area (Å²) in [6.45, 7) is 2.53. The molecule has 0 saturated carbocycles. The fraction of sp³-hybridized carbons (Fsp3) is 0.833. The zero-order valence-corrected chi connectivity index (χ0v) is 5.70. The molecule has 0 aliphatic carbocycles. The molecule has 3 nitrogen and oxygen atoms in total. The second kappa shape index (κ2) is 2.94. The molecule has 1 heterocycles. The van der Waals surface area contributed by atoms with Crippen molar-refractivity contribution in [1.29, 1.82) is 0 Å². The maximum atomic E-state index is 5.17. The van der Waals surface area contributed by atoms with E-state index in [-0.39, 0.29) is 12.3 Å². The maximum Gasteiger partial charge on any atom is 0.179 e. The molecule has 1 aliphatic rings. The van der Waals surface area contributed by atoms with E-state index in [1.165, 1.54) is 0 Å². The van der Waals surface area contributed by atoms with Gasteiger partial charge >= 0.3 is 0 Å². The van der Waals surface area contributed by atoms with Gasteiger partial charge in [0.25, 0.3) is 0 Å². The smallest absolute Gasteiger partial charge is 0.179 e. The van der Waals surface area contributed by atoms with Crippen LogP contribution in [-0.2, 0) is 9.47 Å². The summed E-state index contributed by atoms with van der Waals surface area (Å²) in [7, 11) is 1.63. The first kappa shape index (κ1) is 6.71. The summed E-state index contributed by atoms with van der Waals surface area (Å²) in [6.07, 6.45) is 1.62. The third-order valence-corrected chi connectivity index (χ3v) is 1.30. The molecule has 0 N–H and O–H groups in total. The van der Waals surface area contributed by atoms with Crippen LogP contribution in [0, 0.1) is 0 Å². The average Bonchev–Trinajstić information content (AvgIpc) is 1.89. The Hall–Kier alpha value is -0.410. The standard InChI is InChI=1S/C6H11NO2/c1-5-6(8-2)9-4-3-7-5/h3,5-6H,4H2,1-2H3. The van der Waals surface area contributed by atoms with Gasteiger partial charge in [0.05, 0.1) is 12.6 Å². The van der Waals surface area contributed by atoms with E-state index in [2.05, 4.69) is 4.99 Å². The maximum absolute atomic E-state index is 5.17. The summed E-state index contributed by atoms with van der Waals surface area (Å²) < 4.78 is 10.1. The number of methoxy groups -OCH3 is 1. The second-order valence-electron chi connectivity index (χ2n) is 2.01. The van der Waals surface area contributed by atoms with Gasteiger partial charge in [0.15, 0.2) is 6.29 Å². The zero-order chi connectivity index (χ0) is 6.69. The Balaban J connectivity index is 2.44. The van der Waals surface area contributed by atoms with E-state index in [4.69, 9.17) is 9.47 Å². The Labute approximate surface area is 54.7 Å². The van der Waals surface area contributed by atoms with Crippen molar-refractivity contribution in [3.8, 4) is 0 Å². The summed E-state index contributed by atoms with van der Waals surface area (Å²) >= 11 is 0. The number of rotatable bonds is 1. The lowest BCUT2D eigenvalue weighted by Gasteiger charge is -2.22. The van der Waals surface area contributed by atoms with Gasteiger partial charge in [0.2, 0.25) is 0 Å². The normalized spacial score (nSPS) is 34.9. The topological polar surface area (TPSA) is 30.8 Å². The van der Waals surface area contributed by atoms with Gasteiger partial charge in [0, 0.05) is 13.3 Å². The average molecular weight is 129 g/mol. The van der Waals surface area contributed by atoms with Crippen molar-refractivity contribution >= 4 is 6.21 Å².